The third-order valence-electron chi connectivity index (χ3n) is 2.47. The van der Waals surface area contributed by atoms with Gasteiger partial charge in [0.2, 0.25) is 5.91 Å². The van der Waals surface area contributed by atoms with Gasteiger partial charge in [-0.15, -0.1) is 0 Å². The first-order valence-electron chi connectivity index (χ1n) is 4.78. The van der Waals surface area contributed by atoms with Gasteiger partial charge in [0, 0.05) is 0 Å². The number of rotatable bonds is 1. The number of hydrogen-bond acceptors (Lipinski definition) is 3. The zero-order valence-corrected chi connectivity index (χ0v) is 8.43. The molecule has 15 heavy (non-hydrogen) atoms. The number of benzene rings is 1. The van der Waals surface area contributed by atoms with E-state index < -0.39 is 6.04 Å². The van der Waals surface area contributed by atoms with E-state index in [1.807, 2.05) is 19.1 Å². The van der Waals surface area contributed by atoms with Gasteiger partial charge >= 0.3 is 0 Å². The summed E-state index contributed by atoms with van der Waals surface area (Å²) in [6.45, 7) is 1.95. The molecule has 1 fully saturated rings. The molecule has 2 N–H and O–H groups in total. The monoisotopic (exact) mass is 204 g/mol. The van der Waals surface area contributed by atoms with Crippen molar-refractivity contribution in [2.24, 2.45) is 5.73 Å². The van der Waals surface area contributed by atoms with E-state index in [1.54, 1.807) is 12.1 Å². The van der Waals surface area contributed by atoms with Crippen LogP contribution in [0.5, 0.6) is 0 Å². The van der Waals surface area contributed by atoms with Gasteiger partial charge in [-0.25, -0.2) is 4.90 Å². The van der Waals surface area contributed by atoms with Crippen LogP contribution >= 0.6 is 0 Å². The highest BCUT2D eigenvalue weighted by Crippen LogP contribution is 2.22. The van der Waals surface area contributed by atoms with Crippen LogP contribution in [0.15, 0.2) is 24.3 Å². The molecule has 1 atom stereocenters. The van der Waals surface area contributed by atoms with E-state index in [0.29, 0.717) is 5.69 Å². The van der Waals surface area contributed by atoms with Crippen LogP contribution < -0.4 is 10.6 Å². The van der Waals surface area contributed by atoms with Crippen LogP contribution in [0.4, 0.5) is 5.69 Å². The lowest BCUT2D eigenvalue weighted by Crippen LogP contribution is -2.35. The van der Waals surface area contributed by atoms with Crippen LogP contribution in [0.1, 0.15) is 12.0 Å². The van der Waals surface area contributed by atoms with Crippen LogP contribution in [-0.4, -0.2) is 17.9 Å². The largest absolute Gasteiger partial charge is 0.319 e. The number of anilines is 1. The van der Waals surface area contributed by atoms with Crippen molar-refractivity contribution in [1.29, 1.82) is 0 Å². The summed E-state index contributed by atoms with van der Waals surface area (Å²) in [6.07, 6.45) is 0.104. The van der Waals surface area contributed by atoms with Crippen molar-refractivity contribution in [3.8, 4) is 0 Å². The summed E-state index contributed by atoms with van der Waals surface area (Å²) in [6, 6.07) is 6.55. The molecule has 4 nitrogen and oxygen atoms in total. The Bertz CT molecular complexity index is 411. The summed E-state index contributed by atoms with van der Waals surface area (Å²) in [7, 11) is 0. The molecule has 2 rings (SSSR count). The third kappa shape index (κ3) is 1.64. The fraction of sp³-hybridized carbons (Fsp3) is 0.273. The molecule has 0 radical (unpaired) electrons. The van der Waals surface area contributed by atoms with Gasteiger partial charge in [-0.1, -0.05) is 17.7 Å². The van der Waals surface area contributed by atoms with Crippen LogP contribution in [0, 0.1) is 6.92 Å². The second-order valence-corrected chi connectivity index (χ2v) is 3.71. The standard InChI is InChI=1S/C11H12N2O2/c1-7-2-4-8(5-3-7)13-10(14)6-9(12)11(13)15/h2-5,9H,6,12H2,1H3. The number of imide groups is 1. The Labute approximate surface area is 87.7 Å². The number of nitrogens with two attached hydrogens (primary N) is 1. The lowest BCUT2D eigenvalue weighted by molar-refractivity contribution is -0.121. The van der Waals surface area contributed by atoms with Crippen molar-refractivity contribution < 1.29 is 9.59 Å². The number of amides is 2. The summed E-state index contributed by atoms with van der Waals surface area (Å²) in [5.41, 5.74) is 7.20. The molecule has 1 unspecified atom stereocenters. The second-order valence-electron chi connectivity index (χ2n) is 3.71. The maximum atomic E-state index is 11.6. The Kier molecular flexibility index (Phi) is 2.28. The fourth-order valence-electron chi connectivity index (χ4n) is 1.62. The van der Waals surface area contributed by atoms with E-state index in [1.165, 1.54) is 0 Å². The van der Waals surface area contributed by atoms with Gasteiger partial charge in [-0.2, -0.15) is 0 Å². The van der Waals surface area contributed by atoms with E-state index in [2.05, 4.69) is 0 Å². The zero-order valence-electron chi connectivity index (χ0n) is 8.43. The van der Waals surface area contributed by atoms with Crippen molar-refractivity contribution in [3.63, 3.8) is 0 Å². The topological polar surface area (TPSA) is 63.4 Å². The highest BCUT2D eigenvalue weighted by Gasteiger charge is 2.36. The molecule has 2 amide bonds. The molecule has 1 aromatic carbocycles. The van der Waals surface area contributed by atoms with Gasteiger partial charge in [-0.05, 0) is 19.1 Å². The van der Waals surface area contributed by atoms with Crippen molar-refractivity contribution in [1.82, 2.24) is 0 Å². The van der Waals surface area contributed by atoms with Gasteiger partial charge in [-0.3, -0.25) is 9.59 Å². The maximum Gasteiger partial charge on any atom is 0.251 e. The summed E-state index contributed by atoms with van der Waals surface area (Å²) < 4.78 is 0. The molecule has 0 saturated carbocycles. The predicted molar refractivity (Wildman–Crippen MR) is 56.3 cm³/mol. The van der Waals surface area contributed by atoms with Gasteiger partial charge in [0.15, 0.2) is 0 Å². The Hall–Kier alpha value is -1.68. The summed E-state index contributed by atoms with van der Waals surface area (Å²) >= 11 is 0. The van der Waals surface area contributed by atoms with Gasteiger partial charge in [0.05, 0.1) is 18.2 Å². The molecule has 0 aliphatic carbocycles. The van der Waals surface area contributed by atoms with Crippen LogP contribution in [-0.2, 0) is 9.59 Å². The molecule has 0 spiro atoms. The first-order valence-corrected chi connectivity index (χ1v) is 4.78. The molecule has 0 aromatic heterocycles. The molecule has 1 aliphatic heterocycles. The summed E-state index contributed by atoms with van der Waals surface area (Å²) in [5, 5.41) is 0. The van der Waals surface area contributed by atoms with Gasteiger partial charge in [0.1, 0.15) is 0 Å². The lowest BCUT2D eigenvalue weighted by atomic mass is 10.2. The van der Waals surface area contributed by atoms with Crippen LogP contribution in [0.2, 0.25) is 0 Å². The molecule has 4 heteroatoms. The molecule has 1 heterocycles. The Morgan fingerprint density at radius 2 is 1.87 bits per heavy atom. The zero-order chi connectivity index (χ0) is 11.0. The Morgan fingerprint density at radius 1 is 1.27 bits per heavy atom. The van der Waals surface area contributed by atoms with Crippen molar-refractivity contribution in [3.05, 3.63) is 29.8 Å². The first-order chi connectivity index (χ1) is 7.09. The van der Waals surface area contributed by atoms with Crippen LogP contribution in [0.3, 0.4) is 0 Å². The van der Waals surface area contributed by atoms with Crippen LogP contribution in [0.25, 0.3) is 0 Å². The van der Waals surface area contributed by atoms with Crippen molar-refractivity contribution in [2.45, 2.75) is 19.4 Å². The maximum absolute atomic E-state index is 11.6. The molecular formula is C11H12N2O2. The van der Waals surface area contributed by atoms with E-state index in [-0.39, 0.29) is 18.2 Å². The van der Waals surface area contributed by atoms with E-state index in [9.17, 15) is 9.59 Å². The molecular weight excluding hydrogens is 192 g/mol. The van der Waals surface area contributed by atoms with E-state index >= 15 is 0 Å². The fourth-order valence-corrected chi connectivity index (χ4v) is 1.62. The Balaban J connectivity index is 2.35. The highest BCUT2D eigenvalue weighted by atomic mass is 16.2. The van der Waals surface area contributed by atoms with E-state index in [0.717, 1.165) is 10.5 Å². The molecule has 0 bridgehead atoms. The predicted octanol–water partition coefficient (Wildman–Crippen LogP) is 0.586. The average Bonchev–Trinajstić information content (AvgIpc) is 2.44. The normalized spacial score (nSPS) is 21.2. The molecule has 1 aliphatic rings. The quantitative estimate of drug-likeness (QED) is 0.681. The number of carbonyl (C=O) groups excluding carboxylic acids is 2. The Morgan fingerprint density at radius 3 is 2.33 bits per heavy atom. The number of aryl methyl sites for hydroxylation is 1. The summed E-state index contributed by atoms with van der Waals surface area (Å²) in [5.74, 6) is -0.541. The smallest absolute Gasteiger partial charge is 0.251 e. The summed E-state index contributed by atoms with van der Waals surface area (Å²) in [4.78, 5) is 24.2. The van der Waals surface area contributed by atoms with Crippen molar-refractivity contribution in [2.75, 3.05) is 4.90 Å². The number of nitrogens with zero attached hydrogens (tertiary/aromatic N) is 1. The van der Waals surface area contributed by atoms with Gasteiger partial charge < -0.3 is 5.73 Å². The lowest BCUT2D eigenvalue weighted by Gasteiger charge is -2.14. The highest BCUT2D eigenvalue weighted by molar-refractivity contribution is 6.22. The van der Waals surface area contributed by atoms with E-state index in [4.69, 9.17) is 5.73 Å². The molecule has 1 saturated heterocycles. The minimum Gasteiger partial charge on any atom is -0.319 e. The first kappa shape index (κ1) is 9.86. The SMILES string of the molecule is Cc1ccc(N2C(=O)CC(N)C2=O)cc1. The molecule has 1 aromatic rings. The number of carbonyl (C=O) groups is 2. The third-order valence-corrected chi connectivity index (χ3v) is 2.47. The average molecular weight is 204 g/mol. The number of hydrogen-bond donors (Lipinski definition) is 1. The second kappa shape index (κ2) is 3.47. The molecule has 78 valence electrons. The van der Waals surface area contributed by atoms with Gasteiger partial charge in [0.25, 0.3) is 5.91 Å². The van der Waals surface area contributed by atoms with Crippen molar-refractivity contribution >= 4 is 17.5 Å². The minimum absolute atomic E-state index is 0.104. The minimum atomic E-state index is -0.682.